The Labute approximate surface area is 114 Å². The Morgan fingerprint density at radius 1 is 1.37 bits per heavy atom. The molecule has 1 aromatic heterocycles. The lowest BCUT2D eigenvalue weighted by Gasteiger charge is -2.08. The van der Waals surface area contributed by atoms with Crippen LogP contribution in [0.2, 0.25) is 0 Å². The van der Waals surface area contributed by atoms with Gasteiger partial charge < -0.3 is 4.74 Å². The van der Waals surface area contributed by atoms with Crippen LogP contribution in [0.1, 0.15) is 6.92 Å². The first-order valence-corrected chi connectivity index (χ1v) is 6.34. The van der Waals surface area contributed by atoms with Crippen LogP contribution in [-0.2, 0) is 4.79 Å². The maximum absolute atomic E-state index is 11.5. The second kappa shape index (κ2) is 6.05. The van der Waals surface area contributed by atoms with E-state index in [0.29, 0.717) is 10.8 Å². The number of ether oxygens (including phenoxy) is 1. The molecule has 0 spiro atoms. The quantitative estimate of drug-likeness (QED) is 0.636. The minimum atomic E-state index is -0.243. The molecule has 19 heavy (non-hydrogen) atoms. The van der Waals surface area contributed by atoms with Crippen molar-refractivity contribution in [1.82, 2.24) is 4.98 Å². The second-order valence-electron chi connectivity index (χ2n) is 3.53. The normalized spacial score (nSPS) is 10.6. The molecular weight excluding hydrogens is 264 g/mol. The van der Waals surface area contributed by atoms with E-state index in [2.05, 4.69) is 15.3 Å². The Kier molecular flexibility index (Phi) is 4.19. The summed E-state index contributed by atoms with van der Waals surface area (Å²) < 4.78 is 5.05. The van der Waals surface area contributed by atoms with Crippen LogP contribution in [0.5, 0.6) is 5.75 Å². The fourth-order valence-corrected chi connectivity index (χ4v) is 1.93. The van der Waals surface area contributed by atoms with Crippen LogP contribution in [0.15, 0.2) is 46.2 Å². The third-order valence-corrected chi connectivity index (χ3v) is 2.97. The zero-order valence-electron chi connectivity index (χ0n) is 10.5. The highest BCUT2D eigenvalue weighted by Crippen LogP contribution is 2.21. The molecule has 0 aliphatic carbocycles. The van der Waals surface area contributed by atoms with Crippen molar-refractivity contribution in [2.75, 3.05) is 12.1 Å². The Bertz CT molecular complexity index is 566. The number of amides is 1. The van der Waals surface area contributed by atoms with Gasteiger partial charge in [-0.15, -0.1) is 16.5 Å². The summed E-state index contributed by atoms with van der Waals surface area (Å²) in [6, 6.07) is 7.05. The van der Waals surface area contributed by atoms with Crippen LogP contribution >= 0.6 is 11.3 Å². The number of nitrogens with zero attached hydrogens (tertiary/aromatic N) is 4. The summed E-state index contributed by atoms with van der Waals surface area (Å²) in [6.07, 6.45) is 1.61. The average molecular weight is 276 g/mol. The van der Waals surface area contributed by atoms with Gasteiger partial charge in [0.05, 0.1) is 12.8 Å². The van der Waals surface area contributed by atoms with Crippen molar-refractivity contribution in [2.24, 2.45) is 10.3 Å². The summed E-state index contributed by atoms with van der Waals surface area (Å²) in [4.78, 5) is 15.5. The van der Waals surface area contributed by atoms with Gasteiger partial charge in [0.1, 0.15) is 5.75 Å². The van der Waals surface area contributed by atoms with Crippen molar-refractivity contribution in [1.29, 1.82) is 0 Å². The highest BCUT2D eigenvalue weighted by molar-refractivity contribution is 7.13. The smallest absolute Gasteiger partial charge is 0.247 e. The summed E-state index contributed by atoms with van der Waals surface area (Å²) in [6.45, 7) is 1.41. The number of anilines is 1. The molecule has 0 N–H and O–H groups in total. The molecule has 1 heterocycles. The Morgan fingerprint density at radius 3 is 2.63 bits per heavy atom. The van der Waals surface area contributed by atoms with Crippen LogP contribution < -0.4 is 9.75 Å². The van der Waals surface area contributed by atoms with Gasteiger partial charge in [-0.1, -0.05) is 5.22 Å². The molecule has 0 bridgehead atoms. The van der Waals surface area contributed by atoms with Gasteiger partial charge in [0.15, 0.2) is 0 Å². The van der Waals surface area contributed by atoms with E-state index in [1.807, 2.05) is 0 Å². The van der Waals surface area contributed by atoms with Crippen molar-refractivity contribution in [2.45, 2.75) is 6.92 Å². The number of thiazole rings is 1. The average Bonchev–Trinajstić information content (AvgIpc) is 2.93. The summed E-state index contributed by atoms with van der Waals surface area (Å²) in [5.74, 6) is 0.495. The highest BCUT2D eigenvalue weighted by Gasteiger charge is 2.12. The molecule has 2 aromatic rings. The summed E-state index contributed by atoms with van der Waals surface area (Å²) in [5.41, 5.74) is 0.628. The molecule has 2 rings (SSSR count). The predicted molar refractivity (Wildman–Crippen MR) is 72.8 cm³/mol. The van der Waals surface area contributed by atoms with Crippen molar-refractivity contribution >= 4 is 28.1 Å². The van der Waals surface area contributed by atoms with Gasteiger partial charge in [0.25, 0.3) is 0 Å². The molecule has 0 atom stereocenters. The van der Waals surface area contributed by atoms with Gasteiger partial charge >= 0.3 is 0 Å². The fraction of sp³-hybridized carbons (Fsp3) is 0.167. The number of methoxy groups -OCH3 is 1. The van der Waals surface area contributed by atoms with E-state index >= 15 is 0 Å². The third kappa shape index (κ3) is 3.35. The number of rotatable bonds is 4. The SMILES string of the molecule is COc1ccc(N=NN(C(C)=O)c2nccs2)cc1. The third-order valence-electron chi connectivity index (χ3n) is 2.22. The molecule has 0 saturated carbocycles. The van der Waals surface area contributed by atoms with E-state index in [4.69, 9.17) is 4.74 Å². The fourth-order valence-electron chi connectivity index (χ4n) is 1.30. The van der Waals surface area contributed by atoms with Gasteiger partial charge in [-0.25, -0.2) is 4.98 Å². The molecule has 98 valence electrons. The zero-order chi connectivity index (χ0) is 13.7. The Hall–Kier alpha value is -2.28. The van der Waals surface area contributed by atoms with Crippen molar-refractivity contribution in [3.63, 3.8) is 0 Å². The van der Waals surface area contributed by atoms with E-state index in [9.17, 15) is 4.79 Å². The van der Waals surface area contributed by atoms with E-state index in [0.717, 1.165) is 10.8 Å². The van der Waals surface area contributed by atoms with Gasteiger partial charge in [-0.05, 0) is 24.3 Å². The molecule has 0 aliphatic heterocycles. The molecule has 0 saturated heterocycles. The van der Waals surface area contributed by atoms with E-state index in [1.165, 1.54) is 18.3 Å². The molecule has 0 unspecified atom stereocenters. The van der Waals surface area contributed by atoms with E-state index in [-0.39, 0.29) is 5.91 Å². The van der Waals surface area contributed by atoms with E-state index < -0.39 is 0 Å². The standard InChI is InChI=1S/C12H12N4O2S/c1-9(17)16(12-13-7-8-19-12)15-14-10-3-5-11(18-2)6-4-10/h3-8H,1-2H3. The first-order valence-electron chi connectivity index (χ1n) is 5.46. The molecule has 6 nitrogen and oxygen atoms in total. The molecule has 0 aliphatic rings. The van der Waals surface area contributed by atoms with Crippen LogP contribution in [0.3, 0.4) is 0 Å². The van der Waals surface area contributed by atoms with Crippen molar-refractivity contribution in [3.8, 4) is 5.75 Å². The van der Waals surface area contributed by atoms with Gasteiger partial charge in [-0.3, -0.25) is 4.79 Å². The lowest BCUT2D eigenvalue weighted by atomic mass is 10.3. The van der Waals surface area contributed by atoms with Crippen LogP contribution in [-0.4, -0.2) is 18.0 Å². The zero-order valence-corrected chi connectivity index (χ0v) is 11.3. The number of hydrogen-bond donors (Lipinski definition) is 0. The lowest BCUT2D eigenvalue weighted by molar-refractivity contribution is -0.116. The summed E-state index contributed by atoms with van der Waals surface area (Å²) >= 11 is 1.32. The van der Waals surface area contributed by atoms with Crippen LogP contribution in [0.4, 0.5) is 10.8 Å². The van der Waals surface area contributed by atoms with Gasteiger partial charge in [0.2, 0.25) is 11.0 Å². The molecule has 1 amide bonds. The largest absolute Gasteiger partial charge is 0.497 e. The number of aromatic nitrogens is 1. The molecule has 0 fully saturated rings. The molecular formula is C12H12N4O2S. The monoisotopic (exact) mass is 276 g/mol. The number of carbonyl (C=O) groups excluding carboxylic acids is 1. The molecule has 0 radical (unpaired) electrons. The predicted octanol–water partition coefficient (Wildman–Crippen LogP) is 3.20. The van der Waals surface area contributed by atoms with E-state index in [1.54, 1.807) is 43.0 Å². The minimum absolute atomic E-state index is 0.243. The maximum Gasteiger partial charge on any atom is 0.247 e. The second-order valence-corrected chi connectivity index (χ2v) is 4.41. The Balaban J connectivity index is 2.16. The van der Waals surface area contributed by atoms with Gasteiger partial charge in [-0.2, -0.15) is 5.01 Å². The van der Waals surface area contributed by atoms with Crippen LogP contribution in [0.25, 0.3) is 0 Å². The topological polar surface area (TPSA) is 67.2 Å². The first kappa shape index (κ1) is 13.2. The highest BCUT2D eigenvalue weighted by atomic mass is 32.1. The first-order chi connectivity index (χ1) is 9.20. The number of benzene rings is 1. The van der Waals surface area contributed by atoms with Crippen LogP contribution in [0, 0.1) is 0 Å². The minimum Gasteiger partial charge on any atom is -0.497 e. The summed E-state index contributed by atoms with van der Waals surface area (Å²) in [5, 5.41) is 11.3. The maximum atomic E-state index is 11.5. The van der Waals surface area contributed by atoms with Crippen molar-refractivity contribution in [3.05, 3.63) is 35.8 Å². The summed E-state index contributed by atoms with van der Waals surface area (Å²) in [7, 11) is 1.59. The van der Waals surface area contributed by atoms with Gasteiger partial charge in [0, 0.05) is 18.5 Å². The Morgan fingerprint density at radius 2 is 2.11 bits per heavy atom. The lowest BCUT2D eigenvalue weighted by Crippen LogP contribution is -2.21. The number of carbonyl (C=O) groups is 1. The molecule has 1 aromatic carbocycles. The van der Waals surface area contributed by atoms with Crippen molar-refractivity contribution < 1.29 is 9.53 Å². The molecule has 7 heteroatoms. The number of hydrogen-bond acceptors (Lipinski definition) is 6.